The van der Waals surface area contributed by atoms with Crippen LogP contribution in [0.5, 0.6) is 5.75 Å². The summed E-state index contributed by atoms with van der Waals surface area (Å²) in [4.78, 5) is 2.45. The van der Waals surface area contributed by atoms with Crippen molar-refractivity contribution in [3.63, 3.8) is 0 Å². The lowest BCUT2D eigenvalue weighted by atomic mass is 10.1. The summed E-state index contributed by atoms with van der Waals surface area (Å²) in [7, 11) is 2.22. The highest BCUT2D eigenvalue weighted by Crippen LogP contribution is 2.36. The van der Waals surface area contributed by atoms with E-state index in [0.717, 1.165) is 37.5 Å². The topological polar surface area (TPSA) is 35.5 Å². The molecular formula is C15H22N2O. The van der Waals surface area contributed by atoms with Gasteiger partial charge in [0.25, 0.3) is 0 Å². The summed E-state index contributed by atoms with van der Waals surface area (Å²) in [6.45, 7) is 2.15. The normalized spacial score (nSPS) is 22.4. The molecule has 3 nitrogen and oxygen atoms in total. The Bertz CT molecular complexity index is 429. The number of phenolic OH excluding ortho intramolecular Hbond substituents is 1. The molecule has 0 spiro atoms. The molecule has 0 heterocycles. The molecule has 2 N–H and O–H groups in total. The first-order valence-electron chi connectivity index (χ1n) is 7.00. The molecule has 18 heavy (non-hydrogen) atoms. The van der Waals surface area contributed by atoms with E-state index in [0.29, 0.717) is 11.8 Å². The highest BCUT2D eigenvalue weighted by Gasteiger charge is 2.27. The molecule has 1 aromatic carbocycles. The van der Waals surface area contributed by atoms with Crippen molar-refractivity contribution in [2.75, 3.05) is 20.1 Å². The van der Waals surface area contributed by atoms with E-state index >= 15 is 0 Å². The van der Waals surface area contributed by atoms with Crippen LogP contribution in [0.1, 0.15) is 36.4 Å². The third kappa shape index (κ3) is 2.38. The van der Waals surface area contributed by atoms with Gasteiger partial charge < -0.3 is 15.3 Å². The van der Waals surface area contributed by atoms with Crippen molar-refractivity contribution in [2.24, 2.45) is 0 Å². The van der Waals surface area contributed by atoms with Gasteiger partial charge in [-0.3, -0.25) is 0 Å². The van der Waals surface area contributed by atoms with Crippen LogP contribution in [0.25, 0.3) is 0 Å². The second kappa shape index (κ2) is 4.90. The lowest BCUT2D eigenvalue weighted by molar-refractivity contribution is 0.314. The number of benzene rings is 1. The monoisotopic (exact) mass is 246 g/mol. The lowest BCUT2D eigenvalue weighted by Gasteiger charge is -2.19. The summed E-state index contributed by atoms with van der Waals surface area (Å²) in [6.07, 6.45) is 4.85. The van der Waals surface area contributed by atoms with Crippen LogP contribution in [0.4, 0.5) is 0 Å². The zero-order valence-electron chi connectivity index (χ0n) is 11.0. The van der Waals surface area contributed by atoms with Crippen LogP contribution in [0.2, 0.25) is 0 Å². The number of phenols is 1. The summed E-state index contributed by atoms with van der Waals surface area (Å²) in [5.41, 5.74) is 2.44. The molecule has 1 unspecified atom stereocenters. The van der Waals surface area contributed by atoms with Gasteiger partial charge in [0.1, 0.15) is 5.75 Å². The molecule has 0 bridgehead atoms. The molecule has 1 saturated carbocycles. The van der Waals surface area contributed by atoms with Crippen molar-refractivity contribution in [3.8, 4) is 5.75 Å². The first kappa shape index (κ1) is 12.0. The quantitative estimate of drug-likeness (QED) is 0.835. The van der Waals surface area contributed by atoms with Crippen LogP contribution < -0.4 is 5.32 Å². The molecule has 0 saturated heterocycles. The van der Waals surface area contributed by atoms with Gasteiger partial charge in [-0.25, -0.2) is 0 Å². The molecule has 1 atom stereocenters. The van der Waals surface area contributed by atoms with Crippen LogP contribution in [0.15, 0.2) is 18.2 Å². The Labute approximate surface area is 109 Å². The van der Waals surface area contributed by atoms with Crippen LogP contribution in [-0.4, -0.2) is 36.2 Å². The zero-order valence-corrected chi connectivity index (χ0v) is 11.0. The van der Waals surface area contributed by atoms with Gasteiger partial charge in [-0.15, -0.1) is 0 Å². The maximum atomic E-state index is 9.81. The van der Waals surface area contributed by atoms with Crippen molar-refractivity contribution in [1.82, 2.24) is 10.2 Å². The van der Waals surface area contributed by atoms with Crippen molar-refractivity contribution < 1.29 is 5.11 Å². The van der Waals surface area contributed by atoms with Crippen molar-refractivity contribution in [2.45, 2.75) is 37.8 Å². The highest BCUT2D eigenvalue weighted by atomic mass is 16.3. The summed E-state index contributed by atoms with van der Waals surface area (Å²) in [6, 6.07) is 7.16. The van der Waals surface area contributed by atoms with Gasteiger partial charge >= 0.3 is 0 Å². The minimum atomic E-state index is 0.430. The Balaban J connectivity index is 1.54. The van der Waals surface area contributed by atoms with E-state index in [2.05, 4.69) is 23.3 Å². The summed E-state index contributed by atoms with van der Waals surface area (Å²) in [5, 5.41) is 13.4. The molecule has 98 valence electrons. The molecule has 3 rings (SSSR count). The molecule has 0 aromatic heterocycles. The number of nitrogens with one attached hydrogen (secondary N) is 1. The van der Waals surface area contributed by atoms with Crippen LogP contribution in [0, 0.1) is 0 Å². The molecule has 0 aliphatic heterocycles. The largest absolute Gasteiger partial charge is 0.508 e. The number of likely N-dealkylation sites (N-methyl/N-ethyl adjacent to an activating group) is 1. The van der Waals surface area contributed by atoms with Gasteiger partial charge in [-0.2, -0.15) is 0 Å². The number of aromatic hydroxyl groups is 1. The number of fused-ring (bicyclic) bond motifs is 1. The van der Waals surface area contributed by atoms with Gasteiger partial charge in [-0.05, 0) is 49.9 Å². The smallest absolute Gasteiger partial charge is 0.119 e. The first-order chi connectivity index (χ1) is 8.75. The zero-order chi connectivity index (χ0) is 12.5. The predicted octanol–water partition coefficient (Wildman–Crippen LogP) is 2.06. The molecule has 2 aliphatic rings. The third-order valence-electron chi connectivity index (χ3n) is 4.27. The fourth-order valence-corrected chi connectivity index (χ4v) is 2.96. The van der Waals surface area contributed by atoms with Crippen molar-refractivity contribution >= 4 is 0 Å². The van der Waals surface area contributed by atoms with E-state index in [1.165, 1.54) is 18.4 Å². The first-order valence-corrected chi connectivity index (χ1v) is 7.00. The number of hydrogen-bond acceptors (Lipinski definition) is 3. The maximum Gasteiger partial charge on any atom is 0.119 e. The summed E-state index contributed by atoms with van der Waals surface area (Å²) >= 11 is 0. The molecule has 1 aromatic rings. The Kier molecular flexibility index (Phi) is 3.27. The second-order valence-corrected chi connectivity index (χ2v) is 5.60. The second-order valence-electron chi connectivity index (χ2n) is 5.60. The fraction of sp³-hybridized carbons (Fsp3) is 0.600. The lowest BCUT2D eigenvalue weighted by Crippen LogP contribution is -2.32. The summed E-state index contributed by atoms with van der Waals surface area (Å²) < 4.78 is 0. The standard InChI is InChI=1S/C15H22N2O/c1-17(11-5-6-11)10-9-16-14-8-7-13-12(14)3-2-4-15(13)18/h2-4,11,14,16,18H,5-10H2,1H3. The van der Waals surface area contributed by atoms with E-state index in [1.54, 1.807) is 6.07 Å². The molecule has 0 amide bonds. The minimum absolute atomic E-state index is 0.430. The predicted molar refractivity (Wildman–Crippen MR) is 72.8 cm³/mol. The molecule has 3 heteroatoms. The number of nitrogens with zero attached hydrogens (tertiary/aromatic N) is 1. The Morgan fingerprint density at radius 2 is 2.17 bits per heavy atom. The van der Waals surface area contributed by atoms with Crippen LogP contribution >= 0.6 is 0 Å². The Hall–Kier alpha value is -1.06. The van der Waals surface area contributed by atoms with Gasteiger partial charge in [0, 0.05) is 25.2 Å². The van der Waals surface area contributed by atoms with E-state index < -0.39 is 0 Å². The van der Waals surface area contributed by atoms with Crippen molar-refractivity contribution in [1.29, 1.82) is 0 Å². The van der Waals surface area contributed by atoms with E-state index in [9.17, 15) is 5.11 Å². The molecule has 2 aliphatic carbocycles. The average Bonchev–Trinajstić information content (AvgIpc) is 3.13. The molecular weight excluding hydrogens is 224 g/mol. The third-order valence-corrected chi connectivity index (χ3v) is 4.27. The Morgan fingerprint density at radius 3 is 2.94 bits per heavy atom. The van der Waals surface area contributed by atoms with Crippen molar-refractivity contribution in [3.05, 3.63) is 29.3 Å². The number of rotatable bonds is 5. The molecule has 0 radical (unpaired) electrons. The van der Waals surface area contributed by atoms with Gasteiger partial charge in [0.15, 0.2) is 0 Å². The Morgan fingerprint density at radius 1 is 1.33 bits per heavy atom. The highest BCUT2D eigenvalue weighted by molar-refractivity contribution is 5.44. The van der Waals surface area contributed by atoms with Gasteiger partial charge in [0.05, 0.1) is 0 Å². The molecule has 1 fully saturated rings. The summed E-state index contributed by atoms with van der Waals surface area (Å²) in [5.74, 6) is 0.465. The van der Waals surface area contributed by atoms with Crippen LogP contribution in [-0.2, 0) is 6.42 Å². The van der Waals surface area contributed by atoms with E-state index in [4.69, 9.17) is 0 Å². The van der Waals surface area contributed by atoms with Crippen LogP contribution in [0.3, 0.4) is 0 Å². The van der Waals surface area contributed by atoms with Gasteiger partial charge in [-0.1, -0.05) is 12.1 Å². The SMILES string of the molecule is CN(CCNC1CCc2c(O)cccc21)C1CC1. The minimum Gasteiger partial charge on any atom is -0.508 e. The van der Waals surface area contributed by atoms with E-state index in [1.807, 2.05) is 6.07 Å². The maximum absolute atomic E-state index is 9.81. The fourth-order valence-electron chi connectivity index (χ4n) is 2.96. The van der Waals surface area contributed by atoms with Gasteiger partial charge in [0.2, 0.25) is 0 Å². The number of hydrogen-bond donors (Lipinski definition) is 2. The van der Waals surface area contributed by atoms with E-state index in [-0.39, 0.29) is 0 Å². The average molecular weight is 246 g/mol.